The SMILES string of the molecule is CC(=Cc1ccc2nccc(C(=O)NCC(=O)N3CC(F)(F)CC3C#N)c2c1)c1ccc(C)cn1. The van der Waals surface area contributed by atoms with Crippen LogP contribution in [0.25, 0.3) is 22.6 Å². The normalized spacial score (nSPS) is 17.3. The van der Waals surface area contributed by atoms with Crippen molar-refractivity contribution in [2.45, 2.75) is 32.2 Å². The number of nitrogens with zero attached hydrogens (tertiary/aromatic N) is 4. The summed E-state index contributed by atoms with van der Waals surface area (Å²) in [4.78, 5) is 34.9. The number of rotatable bonds is 5. The number of aromatic nitrogens is 2. The summed E-state index contributed by atoms with van der Waals surface area (Å²) in [5.74, 6) is -4.38. The Labute approximate surface area is 201 Å². The van der Waals surface area contributed by atoms with Crippen LogP contribution in [0.3, 0.4) is 0 Å². The van der Waals surface area contributed by atoms with E-state index in [1.165, 1.54) is 12.3 Å². The Balaban J connectivity index is 1.53. The predicted octanol–water partition coefficient (Wildman–Crippen LogP) is 3.99. The fourth-order valence-electron chi connectivity index (χ4n) is 4.02. The summed E-state index contributed by atoms with van der Waals surface area (Å²) in [6, 6.07) is 11.5. The molecule has 2 aromatic heterocycles. The third kappa shape index (κ3) is 5.32. The zero-order chi connectivity index (χ0) is 25.2. The highest BCUT2D eigenvalue weighted by Gasteiger charge is 2.47. The summed E-state index contributed by atoms with van der Waals surface area (Å²) in [6.45, 7) is 2.59. The molecule has 1 unspecified atom stereocenters. The molecule has 1 N–H and O–H groups in total. The van der Waals surface area contributed by atoms with Gasteiger partial charge in [0.1, 0.15) is 6.04 Å². The molecule has 1 atom stereocenters. The lowest BCUT2D eigenvalue weighted by Gasteiger charge is -2.19. The molecule has 1 aromatic carbocycles. The first-order valence-corrected chi connectivity index (χ1v) is 11.0. The largest absolute Gasteiger partial charge is 0.343 e. The molecule has 3 heterocycles. The second kappa shape index (κ2) is 9.58. The Kier molecular flexibility index (Phi) is 6.56. The van der Waals surface area contributed by atoms with Crippen molar-refractivity contribution in [1.82, 2.24) is 20.2 Å². The van der Waals surface area contributed by atoms with Gasteiger partial charge in [-0.1, -0.05) is 12.1 Å². The zero-order valence-corrected chi connectivity index (χ0v) is 19.3. The summed E-state index contributed by atoms with van der Waals surface area (Å²) < 4.78 is 27.3. The monoisotopic (exact) mass is 475 g/mol. The highest BCUT2D eigenvalue weighted by molar-refractivity contribution is 6.07. The fourth-order valence-corrected chi connectivity index (χ4v) is 4.02. The number of alkyl halides is 2. The molecule has 1 aliphatic heterocycles. The molecule has 0 saturated carbocycles. The van der Waals surface area contributed by atoms with Crippen LogP contribution in [0.2, 0.25) is 0 Å². The maximum absolute atomic E-state index is 13.6. The van der Waals surface area contributed by atoms with Crippen molar-refractivity contribution in [3.05, 3.63) is 71.2 Å². The van der Waals surface area contributed by atoms with E-state index < -0.39 is 43.3 Å². The lowest BCUT2D eigenvalue weighted by molar-refractivity contribution is -0.131. The molecule has 0 spiro atoms. The Hall–Kier alpha value is -4.19. The van der Waals surface area contributed by atoms with Gasteiger partial charge in [-0.15, -0.1) is 0 Å². The molecule has 2 amide bonds. The summed E-state index contributed by atoms with van der Waals surface area (Å²) in [5.41, 5.74) is 4.57. The van der Waals surface area contributed by atoms with Gasteiger partial charge in [0.15, 0.2) is 0 Å². The number of nitriles is 1. The molecular weight excluding hydrogens is 452 g/mol. The van der Waals surface area contributed by atoms with Crippen molar-refractivity contribution < 1.29 is 18.4 Å². The van der Waals surface area contributed by atoms with Crippen LogP contribution >= 0.6 is 0 Å². The lowest BCUT2D eigenvalue weighted by Crippen LogP contribution is -2.43. The van der Waals surface area contributed by atoms with Crippen molar-refractivity contribution in [1.29, 1.82) is 5.26 Å². The third-order valence-electron chi connectivity index (χ3n) is 5.85. The molecule has 0 aliphatic carbocycles. The highest BCUT2D eigenvalue weighted by Crippen LogP contribution is 2.31. The standard InChI is InChI=1S/C26H23F2N5O2/c1-16-3-5-22(31-13-16)17(2)9-18-4-6-23-21(10-18)20(7-8-30-23)25(35)32-14-24(34)33-15-26(27,28)11-19(33)12-29/h3-10,13,19H,11,14-15H2,1-2H3,(H,32,35). The number of allylic oxidation sites excluding steroid dienone is 1. The van der Waals surface area contributed by atoms with E-state index in [-0.39, 0.29) is 0 Å². The van der Waals surface area contributed by atoms with Gasteiger partial charge in [0.05, 0.1) is 35.9 Å². The van der Waals surface area contributed by atoms with Crippen molar-refractivity contribution in [3.8, 4) is 6.07 Å². The number of nitrogens with one attached hydrogen (secondary N) is 1. The molecule has 1 fully saturated rings. The molecule has 1 saturated heterocycles. The molecule has 7 nitrogen and oxygen atoms in total. The van der Waals surface area contributed by atoms with Gasteiger partial charge in [0.25, 0.3) is 11.8 Å². The topological polar surface area (TPSA) is 99.0 Å². The first-order chi connectivity index (χ1) is 16.7. The van der Waals surface area contributed by atoms with Crippen LogP contribution in [0.4, 0.5) is 8.78 Å². The van der Waals surface area contributed by atoms with Crippen LogP contribution in [0, 0.1) is 18.3 Å². The summed E-state index contributed by atoms with van der Waals surface area (Å²) in [6.07, 6.45) is 4.53. The number of hydrogen-bond donors (Lipinski definition) is 1. The molecule has 35 heavy (non-hydrogen) atoms. The van der Waals surface area contributed by atoms with Gasteiger partial charge >= 0.3 is 0 Å². The Morgan fingerprint density at radius 3 is 2.77 bits per heavy atom. The van der Waals surface area contributed by atoms with Crippen molar-refractivity contribution in [2.24, 2.45) is 0 Å². The summed E-state index contributed by atoms with van der Waals surface area (Å²) in [5, 5.41) is 12.2. The van der Waals surface area contributed by atoms with Gasteiger partial charge in [-0.3, -0.25) is 19.6 Å². The van der Waals surface area contributed by atoms with E-state index in [9.17, 15) is 18.4 Å². The number of aryl methyl sites for hydroxylation is 1. The first-order valence-electron chi connectivity index (χ1n) is 11.0. The minimum Gasteiger partial charge on any atom is -0.343 e. The Bertz CT molecular complexity index is 1360. The minimum atomic E-state index is -3.11. The van der Waals surface area contributed by atoms with E-state index in [4.69, 9.17) is 5.26 Å². The van der Waals surface area contributed by atoms with Gasteiger partial charge in [-0.05, 0) is 60.9 Å². The number of likely N-dealkylation sites (tertiary alicyclic amines) is 1. The summed E-state index contributed by atoms with van der Waals surface area (Å²) >= 11 is 0. The van der Waals surface area contributed by atoms with E-state index in [2.05, 4.69) is 15.3 Å². The molecule has 178 valence electrons. The van der Waals surface area contributed by atoms with E-state index in [0.717, 1.165) is 27.3 Å². The van der Waals surface area contributed by atoms with Crippen LogP contribution in [-0.4, -0.2) is 51.7 Å². The van der Waals surface area contributed by atoms with E-state index in [1.807, 2.05) is 44.2 Å². The number of amides is 2. The first kappa shape index (κ1) is 24.0. The molecule has 0 radical (unpaired) electrons. The average molecular weight is 475 g/mol. The van der Waals surface area contributed by atoms with Crippen LogP contribution < -0.4 is 5.32 Å². The van der Waals surface area contributed by atoms with Crippen molar-refractivity contribution >= 4 is 34.4 Å². The minimum absolute atomic E-state index is 0.299. The molecule has 1 aliphatic rings. The maximum atomic E-state index is 13.6. The molecule has 4 rings (SSSR count). The molecule has 0 bridgehead atoms. The second-order valence-electron chi connectivity index (χ2n) is 8.59. The van der Waals surface area contributed by atoms with Gasteiger partial charge in [-0.25, -0.2) is 8.78 Å². The van der Waals surface area contributed by atoms with E-state index in [0.29, 0.717) is 16.5 Å². The van der Waals surface area contributed by atoms with Crippen LogP contribution in [0.1, 0.15) is 40.5 Å². The van der Waals surface area contributed by atoms with Crippen LogP contribution in [-0.2, 0) is 4.79 Å². The third-order valence-corrected chi connectivity index (χ3v) is 5.85. The quantitative estimate of drug-likeness (QED) is 0.602. The summed E-state index contributed by atoms with van der Waals surface area (Å²) in [7, 11) is 0. The lowest BCUT2D eigenvalue weighted by atomic mass is 10.0. The van der Waals surface area contributed by atoms with Gasteiger partial charge in [0.2, 0.25) is 5.91 Å². The van der Waals surface area contributed by atoms with Gasteiger partial charge < -0.3 is 10.2 Å². The van der Waals surface area contributed by atoms with Crippen molar-refractivity contribution in [3.63, 3.8) is 0 Å². The van der Waals surface area contributed by atoms with Crippen LogP contribution in [0.5, 0.6) is 0 Å². The van der Waals surface area contributed by atoms with Crippen LogP contribution in [0.15, 0.2) is 48.8 Å². The maximum Gasteiger partial charge on any atom is 0.268 e. The fraction of sp³-hybridized carbons (Fsp3) is 0.269. The second-order valence-corrected chi connectivity index (χ2v) is 8.59. The number of pyridine rings is 2. The Morgan fingerprint density at radius 1 is 1.26 bits per heavy atom. The number of hydrogen-bond acceptors (Lipinski definition) is 5. The number of halogens is 2. The van der Waals surface area contributed by atoms with E-state index >= 15 is 0 Å². The van der Waals surface area contributed by atoms with E-state index in [1.54, 1.807) is 18.3 Å². The molecule has 9 heteroatoms. The number of fused-ring (bicyclic) bond motifs is 1. The van der Waals surface area contributed by atoms with Gasteiger partial charge in [-0.2, -0.15) is 5.26 Å². The van der Waals surface area contributed by atoms with Crippen molar-refractivity contribution in [2.75, 3.05) is 13.1 Å². The number of benzene rings is 1. The zero-order valence-electron chi connectivity index (χ0n) is 19.3. The smallest absolute Gasteiger partial charge is 0.268 e. The highest BCUT2D eigenvalue weighted by atomic mass is 19.3. The van der Waals surface area contributed by atoms with Gasteiger partial charge in [0, 0.05) is 24.2 Å². The average Bonchev–Trinajstić information content (AvgIpc) is 3.17. The number of carbonyl (C=O) groups excluding carboxylic acids is 2. The Morgan fingerprint density at radius 2 is 2.06 bits per heavy atom. The molecular formula is C26H23F2N5O2. The number of carbonyl (C=O) groups is 2. The molecule has 3 aromatic rings. The predicted molar refractivity (Wildman–Crippen MR) is 127 cm³/mol.